The number of hydrogen-bond acceptors (Lipinski definition) is 3. The third-order valence-corrected chi connectivity index (χ3v) is 6.09. The van der Waals surface area contributed by atoms with Crippen LogP contribution in [0.4, 0.5) is 0 Å². The zero-order valence-electron chi connectivity index (χ0n) is 15.9. The molecule has 0 aliphatic carbocycles. The Kier molecular flexibility index (Phi) is 4.90. The van der Waals surface area contributed by atoms with E-state index in [0.717, 1.165) is 37.2 Å². The Morgan fingerprint density at radius 2 is 2.19 bits per heavy atom. The van der Waals surface area contributed by atoms with Crippen molar-refractivity contribution in [2.24, 2.45) is 0 Å². The van der Waals surface area contributed by atoms with Crippen molar-refractivity contribution in [3.63, 3.8) is 0 Å². The average Bonchev–Trinajstić information content (AvgIpc) is 3.05. The summed E-state index contributed by atoms with van der Waals surface area (Å²) >= 11 is 0. The van der Waals surface area contributed by atoms with Crippen molar-refractivity contribution in [2.75, 3.05) is 26.7 Å². The molecule has 26 heavy (non-hydrogen) atoms. The monoisotopic (exact) mass is 355 g/mol. The number of likely N-dealkylation sites (tertiary alicyclic amines) is 1. The zero-order chi connectivity index (χ0) is 18.1. The minimum absolute atomic E-state index is 0.272. The molecule has 5 nitrogen and oxygen atoms in total. The number of methoxy groups -OCH3 is 1. The summed E-state index contributed by atoms with van der Waals surface area (Å²) < 4.78 is 5.38. The Hall–Kier alpha value is -2.01. The van der Waals surface area contributed by atoms with Crippen molar-refractivity contribution < 1.29 is 9.53 Å². The van der Waals surface area contributed by atoms with E-state index in [4.69, 9.17) is 4.74 Å². The van der Waals surface area contributed by atoms with Crippen LogP contribution in [0.5, 0.6) is 5.75 Å². The number of ether oxygens (including phenoxy) is 1. The van der Waals surface area contributed by atoms with Crippen molar-refractivity contribution in [2.45, 2.75) is 51.6 Å². The van der Waals surface area contributed by atoms with Crippen LogP contribution in [0.15, 0.2) is 18.2 Å². The third-order valence-electron chi connectivity index (χ3n) is 6.09. The van der Waals surface area contributed by atoms with Crippen LogP contribution in [0.2, 0.25) is 0 Å². The van der Waals surface area contributed by atoms with Crippen molar-refractivity contribution in [1.29, 1.82) is 0 Å². The van der Waals surface area contributed by atoms with Gasteiger partial charge in [0, 0.05) is 47.7 Å². The highest BCUT2D eigenvalue weighted by Gasteiger charge is 2.28. The van der Waals surface area contributed by atoms with E-state index in [2.05, 4.69) is 28.9 Å². The lowest BCUT2D eigenvalue weighted by molar-refractivity contribution is -0.134. The van der Waals surface area contributed by atoms with Gasteiger partial charge in [-0.15, -0.1) is 0 Å². The molecule has 1 amide bonds. The Morgan fingerprint density at radius 3 is 3.00 bits per heavy atom. The highest BCUT2D eigenvalue weighted by atomic mass is 16.5. The van der Waals surface area contributed by atoms with E-state index in [1.165, 1.54) is 35.9 Å². The molecule has 0 saturated carbocycles. The molecule has 2 aliphatic heterocycles. The fourth-order valence-corrected chi connectivity index (χ4v) is 4.54. The van der Waals surface area contributed by atoms with Crippen LogP contribution in [-0.4, -0.2) is 53.5 Å². The second-order valence-corrected chi connectivity index (χ2v) is 7.59. The maximum absolute atomic E-state index is 13.0. The van der Waals surface area contributed by atoms with Crippen molar-refractivity contribution >= 4 is 16.8 Å². The summed E-state index contributed by atoms with van der Waals surface area (Å²) in [6.07, 6.45) is 5.79. The molecule has 5 heteroatoms. The van der Waals surface area contributed by atoms with Gasteiger partial charge in [0.2, 0.25) is 5.91 Å². The molecule has 0 radical (unpaired) electrons. The second kappa shape index (κ2) is 7.31. The lowest BCUT2D eigenvalue weighted by atomic mass is 10.00. The third kappa shape index (κ3) is 3.20. The number of benzene rings is 1. The normalized spacial score (nSPS) is 21.0. The number of carbonyl (C=O) groups excluding carboxylic acids is 1. The van der Waals surface area contributed by atoms with Gasteiger partial charge in [0.25, 0.3) is 0 Å². The Balaban J connectivity index is 1.51. The van der Waals surface area contributed by atoms with Crippen LogP contribution in [-0.2, 0) is 17.8 Å². The SMILES string of the molecule is CC[C@H]1CCCCN1CC(=O)N1CCc2[nH]c3ccc(OC)cc3c2C1. The van der Waals surface area contributed by atoms with Gasteiger partial charge in [-0.1, -0.05) is 13.3 Å². The first kappa shape index (κ1) is 17.4. The quantitative estimate of drug-likeness (QED) is 0.915. The maximum Gasteiger partial charge on any atom is 0.237 e. The molecule has 1 fully saturated rings. The summed E-state index contributed by atoms with van der Waals surface area (Å²) in [6, 6.07) is 6.70. The molecule has 1 aromatic carbocycles. The number of amides is 1. The molecule has 0 bridgehead atoms. The Labute approximate surface area is 155 Å². The molecule has 2 aromatic rings. The fraction of sp³-hybridized carbons (Fsp3) is 0.571. The number of hydrogen-bond donors (Lipinski definition) is 1. The number of aromatic amines is 1. The molecule has 0 unspecified atom stereocenters. The number of nitrogens with zero attached hydrogens (tertiary/aromatic N) is 2. The van der Waals surface area contributed by atoms with E-state index >= 15 is 0 Å². The summed E-state index contributed by atoms with van der Waals surface area (Å²) in [6.45, 7) is 5.37. The van der Waals surface area contributed by atoms with Gasteiger partial charge in [-0.25, -0.2) is 0 Å². The lowest BCUT2D eigenvalue weighted by Gasteiger charge is -2.36. The van der Waals surface area contributed by atoms with E-state index in [-0.39, 0.29) is 5.91 Å². The highest BCUT2D eigenvalue weighted by Crippen LogP contribution is 2.30. The number of H-pyrrole nitrogens is 1. The highest BCUT2D eigenvalue weighted by molar-refractivity contribution is 5.87. The average molecular weight is 355 g/mol. The minimum atomic E-state index is 0.272. The van der Waals surface area contributed by atoms with Crippen LogP contribution in [0.1, 0.15) is 43.9 Å². The smallest absolute Gasteiger partial charge is 0.237 e. The van der Waals surface area contributed by atoms with Crippen LogP contribution in [0.25, 0.3) is 10.9 Å². The van der Waals surface area contributed by atoms with E-state index in [1.54, 1.807) is 7.11 Å². The van der Waals surface area contributed by atoms with Gasteiger partial charge in [0.05, 0.1) is 13.7 Å². The number of fused-ring (bicyclic) bond motifs is 3. The predicted octanol–water partition coefficient (Wildman–Crippen LogP) is 3.33. The number of piperidine rings is 1. The summed E-state index contributed by atoms with van der Waals surface area (Å²) in [4.78, 5) is 20.9. The van der Waals surface area contributed by atoms with Gasteiger partial charge < -0.3 is 14.6 Å². The summed E-state index contributed by atoms with van der Waals surface area (Å²) in [5, 5.41) is 1.18. The van der Waals surface area contributed by atoms with Gasteiger partial charge in [-0.2, -0.15) is 0 Å². The van der Waals surface area contributed by atoms with Gasteiger partial charge in [-0.05, 0) is 44.0 Å². The van der Waals surface area contributed by atoms with Gasteiger partial charge in [0.15, 0.2) is 0 Å². The molecule has 1 atom stereocenters. The maximum atomic E-state index is 13.0. The largest absolute Gasteiger partial charge is 0.497 e. The standard InChI is InChI=1S/C21H29N3O2/c1-3-15-6-4-5-10-23(15)14-21(25)24-11-9-20-18(13-24)17-12-16(26-2)7-8-19(17)22-20/h7-8,12,15,22H,3-6,9-11,13-14H2,1-2H3/t15-/m0/s1. The van der Waals surface area contributed by atoms with Gasteiger partial charge >= 0.3 is 0 Å². The fourth-order valence-electron chi connectivity index (χ4n) is 4.54. The number of carbonyl (C=O) groups is 1. The van der Waals surface area contributed by atoms with Crippen molar-refractivity contribution in [1.82, 2.24) is 14.8 Å². The van der Waals surface area contributed by atoms with E-state index < -0.39 is 0 Å². The summed E-state index contributed by atoms with van der Waals surface area (Å²) in [5.74, 6) is 1.13. The van der Waals surface area contributed by atoms with Crippen LogP contribution in [0.3, 0.4) is 0 Å². The molecule has 140 valence electrons. The second-order valence-electron chi connectivity index (χ2n) is 7.59. The minimum Gasteiger partial charge on any atom is -0.497 e. The molecule has 1 N–H and O–H groups in total. The molecule has 3 heterocycles. The zero-order valence-corrected chi connectivity index (χ0v) is 15.9. The molecule has 1 aromatic heterocycles. The van der Waals surface area contributed by atoms with Crippen LogP contribution in [0, 0.1) is 0 Å². The predicted molar refractivity (Wildman–Crippen MR) is 103 cm³/mol. The molecular formula is C21H29N3O2. The summed E-state index contributed by atoms with van der Waals surface area (Å²) in [5.41, 5.74) is 3.65. The molecule has 1 saturated heterocycles. The summed E-state index contributed by atoms with van der Waals surface area (Å²) in [7, 11) is 1.69. The van der Waals surface area contributed by atoms with Crippen LogP contribution >= 0.6 is 0 Å². The molecule has 2 aliphatic rings. The molecule has 4 rings (SSSR count). The van der Waals surface area contributed by atoms with E-state index in [1.807, 2.05) is 11.0 Å². The molecular weight excluding hydrogens is 326 g/mol. The molecule has 0 spiro atoms. The van der Waals surface area contributed by atoms with Crippen LogP contribution < -0.4 is 4.74 Å². The number of nitrogens with one attached hydrogen (secondary N) is 1. The first-order chi connectivity index (χ1) is 12.7. The number of aromatic nitrogens is 1. The topological polar surface area (TPSA) is 48.6 Å². The Morgan fingerprint density at radius 1 is 1.31 bits per heavy atom. The first-order valence-corrected chi connectivity index (χ1v) is 9.89. The van der Waals surface area contributed by atoms with Gasteiger partial charge in [-0.3, -0.25) is 9.69 Å². The Bertz CT molecular complexity index is 798. The van der Waals surface area contributed by atoms with E-state index in [0.29, 0.717) is 19.1 Å². The van der Waals surface area contributed by atoms with Gasteiger partial charge in [0.1, 0.15) is 5.75 Å². The van der Waals surface area contributed by atoms with Crippen molar-refractivity contribution in [3.8, 4) is 5.75 Å². The van der Waals surface area contributed by atoms with E-state index in [9.17, 15) is 4.79 Å². The number of rotatable bonds is 4. The first-order valence-electron chi connectivity index (χ1n) is 9.89. The van der Waals surface area contributed by atoms with Crippen molar-refractivity contribution in [3.05, 3.63) is 29.5 Å². The lowest BCUT2D eigenvalue weighted by Crippen LogP contribution is -2.47.